The van der Waals surface area contributed by atoms with Crippen LogP contribution in [0.2, 0.25) is 0 Å². The summed E-state index contributed by atoms with van der Waals surface area (Å²) in [5.41, 5.74) is -0.421. The highest BCUT2D eigenvalue weighted by atomic mass is 16.3. The van der Waals surface area contributed by atoms with Gasteiger partial charge in [-0.3, -0.25) is 14.5 Å². The second-order valence-electron chi connectivity index (χ2n) is 7.42. The Morgan fingerprint density at radius 2 is 2.00 bits per heavy atom. The number of hydrogen-bond donors (Lipinski definition) is 1. The summed E-state index contributed by atoms with van der Waals surface area (Å²) in [7, 11) is 0. The number of nitrogens with zero attached hydrogens (tertiary/aromatic N) is 2. The van der Waals surface area contributed by atoms with Gasteiger partial charge in [-0.1, -0.05) is 6.08 Å². The third kappa shape index (κ3) is 3.57. The first-order valence-electron chi connectivity index (χ1n) is 9.69. The van der Waals surface area contributed by atoms with Crippen LogP contribution in [-0.2, 0) is 21.7 Å². The normalized spacial score (nSPS) is 21.8. The maximum absolute atomic E-state index is 13.2. The number of carbonyl (C=O) groups excluding carboxylic acids is 3. The van der Waals surface area contributed by atoms with Gasteiger partial charge in [0.2, 0.25) is 5.91 Å². The van der Waals surface area contributed by atoms with Gasteiger partial charge >= 0.3 is 6.03 Å². The summed E-state index contributed by atoms with van der Waals surface area (Å²) in [5, 5.41) is 2.64. The van der Waals surface area contributed by atoms with Crippen molar-refractivity contribution in [2.45, 2.75) is 44.7 Å². The van der Waals surface area contributed by atoms with Gasteiger partial charge in [-0.25, -0.2) is 4.79 Å². The van der Waals surface area contributed by atoms with E-state index in [4.69, 9.17) is 8.83 Å². The summed E-state index contributed by atoms with van der Waals surface area (Å²) in [6.45, 7) is 1.48. The van der Waals surface area contributed by atoms with Crippen molar-refractivity contribution in [1.29, 1.82) is 0 Å². The fourth-order valence-corrected chi connectivity index (χ4v) is 3.77. The van der Waals surface area contributed by atoms with Gasteiger partial charge < -0.3 is 19.1 Å². The first kappa shape index (κ1) is 19.0. The van der Waals surface area contributed by atoms with Crippen molar-refractivity contribution in [3.63, 3.8) is 0 Å². The summed E-state index contributed by atoms with van der Waals surface area (Å²) < 4.78 is 10.7. The molecule has 0 bridgehead atoms. The lowest BCUT2D eigenvalue weighted by Crippen LogP contribution is -2.44. The maximum Gasteiger partial charge on any atom is 0.325 e. The lowest BCUT2D eigenvalue weighted by molar-refractivity contribution is -0.138. The number of rotatable bonds is 6. The third-order valence-corrected chi connectivity index (χ3v) is 5.39. The molecule has 0 unspecified atom stereocenters. The number of amides is 4. The average molecular weight is 397 g/mol. The molecule has 4 amide bonds. The Balaban J connectivity index is 1.54. The van der Waals surface area contributed by atoms with Crippen LogP contribution in [0.5, 0.6) is 0 Å². The van der Waals surface area contributed by atoms with Crippen molar-refractivity contribution < 1.29 is 23.2 Å². The first-order chi connectivity index (χ1) is 14.0. The van der Waals surface area contributed by atoms with E-state index in [0.717, 1.165) is 36.3 Å². The van der Waals surface area contributed by atoms with Gasteiger partial charge in [-0.05, 0) is 56.9 Å². The summed E-state index contributed by atoms with van der Waals surface area (Å²) in [4.78, 5) is 41.2. The molecule has 1 atom stereocenters. The molecule has 2 aromatic rings. The largest absolute Gasteiger partial charge is 0.467 e. The smallest absolute Gasteiger partial charge is 0.325 e. The Kier molecular flexibility index (Phi) is 5.00. The molecule has 0 aromatic carbocycles. The van der Waals surface area contributed by atoms with E-state index in [-0.39, 0.29) is 19.0 Å². The summed E-state index contributed by atoms with van der Waals surface area (Å²) >= 11 is 0. The molecule has 3 heterocycles. The van der Waals surface area contributed by atoms with Crippen LogP contribution >= 0.6 is 0 Å². The van der Waals surface area contributed by atoms with Crippen molar-refractivity contribution in [2.75, 3.05) is 6.54 Å². The zero-order chi connectivity index (χ0) is 20.4. The summed E-state index contributed by atoms with van der Waals surface area (Å²) in [5.74, 6) is 0.124. The van der Waals surface area contributed by atoms with Crippen LogP contribution in [0, 0.1) is 0 Å². The molecule has 8 nitrogen and oxygen atoms in total. The quantitative estimate of drug-likeness (QED) is 0.756. The van der Waals surface area contributed by atoms with E-state index in [1.807, 2.05) is 6.08 Å². The van der Waals surface area contributed by atoms with Crippen LogP contribution in [0.15, 0.2) is 57.4 Å². The van der Waals surface area contributed by atoms with Crippen LogP contribution in [0.3, 0.4) is 0 Å². The number of hydrogen-bond acceptors (Lipinski definition) is 5. The van der Waals surface area contributed by atoms with E-state index in [1.54, 1.807) is 42.4 Å². The minimum absolute atomic E-state index is 0.261. The minimum Gasteiger partial charge on any atom is -0.467 e. The van der Waals surface area contributed by atoms with Crippen LogP contribution in [0.4, 0.5) is 4.79 Å². The van der Waals surface area contributed by atoms with Gasteiger partial charge in [0.1, 0.15) is 18.1 Å². The molecule has 1 fully saturated rings. The Bertz CT molecular complexity index is 932. The molecule has 2 aromatic heterocycles. The van der Waals surface area contributed by atoms with Crippen molar-refractivity contribution in [3.05, 3.63) is 60.1 Å². The van der Waals surface area contributed by atoms with E-state index >= 15 is 0 Å². The zero-order valence-electron chi connectivity index (χ0n) is 16.2. The summed E-state index contributed by atoms with van der Waals surface area (Å²) in [6.07, 6.45) is 8.79. The van der Waals surface area contributed by atoms with Crippen molar-refractivity contribution in [3.8, 4) is 0 Å². The second-order valence-corrected chi connectivity index (χ2v) is 7.42. The molecule has 1 N–H and O–H groups in total. The Morgan fingerprint density at radius 1 is 1.21 bits per heavy atom. The van der Waals surface area contributed by atoms with Gasteiger partial charge in [-0.2, -0.15) is 0 Å². The number of nitrogens with one attached hydrogen (secondary N) is 1. The molecule has 8 heteroatoms. The number of carbonyl (C=O) groups is 3. The van der Waals surface area contributed by atoms with Crippen molar-refractivity contribution >= 4 is 17.8 Å². The lowest BCUT2D eigenvalue weighted by atomic mass is 9.99. The van der Waals surface area contributed by atoms with Gasteiger partial charge in [0.05, 0.1) is 19.1 Å². The van der Waals surface area contributed by atoms with Crippen LogP contribution in [0.25, 0.3) is 0 Å². The molecule has 4 rings (SSSR count). The number of urea groups is 1. The van der Waals surface area contributed by atoms with Gasteiger partial charge in [0, 0.05) is 5.70 Å². The van der Waals surface area contributed by atoms with Crippen molar-refractivity contribution in [1.82, 2.24) is 15.1 Å². The lowest BCUT2D eigenvalue weighted by Gasteiger charge is -2.28. The molecular formula is C21H23N3O5. The van der Waals surface area contributed by atoms with Gasteiger partial charge in [-0.15, -0.1) is 0 Å². The molecule has 1 aliphatic carbocycles. The molecule has 0 spiro atoms. The SMILES string of the molecule is C[C@@]1(c2ccco2)NC(=O)N(CC(=O)N(Cc2ccco2)C2=CCCCC2)C1=O. The first-order valence-corrected chi connectivity index (χ1v) is 9.69. The molecule has 2 aliphatic rings. The van der Waals surface area contributed by atoms with Gasteiger partial charge in [0.25, 0.3) is 5.91 Å². The Hall–Kier alpha value is -3.29. The highest BCUT2D eigenvalue weighted by molar-refractivity contribution is 6.08. The Morgan fingerprint density at radius 3 is 2.66 bits per heavy atom. The van der Waals surface area contributed by atoms with Crippen LogP contribution < -0.4 is 5.32 Å². The highest BCUT2D eigenvalue weighted by Gasteiger charge is 2.51. The molecule has 1 aliphatic heterocycles. The van der Waals surface area contributed by atoms with E-state index < -0.39 is 17.5 Å². The fraction of sp³-hybridized carbons (Fsp3) is 0.381. The number of furan rings is 2. The fourth-order valence-electron chi connectivity index (χ4n) is 3.77. The van der Waals surface area contributed by atoms with Crippen LogP contribution in [-0.4, -0.2) is 34.2 Å². The predicted molar refractivity (Wildman–Crippen MR) is 102 cm³/mol. The summed E-state index contributed by atoms with van der Waals surface area (Å²) in [6, 6.07) is 6.22. The molecule has 152 valence electrons. The highest BCUT2D eigenvalue weighted by Crippen LogP contribution is 2.30. The molecule has 29 heavy (non-hydrogen) atoms. The van der Waals surface area contributed by atoms with E-state index in [0.29, 0.717) is 11.5 Å². The minimum atomic E-state index is -1.32. The second kappa shape index (κ2) is 7.62. The molecule has 0 radical (unpaired) electrons. The van der Waals surface area contributed by atoms with Crippen molar-refractivity contribution in [2.24, 2.45) is 0 Å². The van der Waals surface area contributed by atoms with Crippen LogP contribution in [0.1, 0.15) is 44.1 Å². The standard InChI is InChI=1S/C21H23N3O5/c1-21(17-10-6-12-29-17)19(26)24(20(27)22-21)14-18(25)23(13-16-9-5-11-28-16)15-7-3-2-4-8-15/h5-7,9-12H,2-4,8,13-14H2,1H3,(H,22,27)/t21-/m0/s1. The number of allylic oxidation sites excluding steroid dienone is 2. The Labute approximate surface area is 168 Å². The van der Waals surface area contributed by atoms with E-state index in [2.05, 4.69) is 5.32 Å². The molecule has 1 saturated heterocycles. The average Bonchev–Trinajstić information content (AvgIpc) is 3.47. The third-order valence-electron chi connectivity index (χ3n) is 5.39. The molecular weight excluding hydrogens is 374 g/mol. The van der Waals surface area contributed by atoms with E-state index in [1.165, 1.54) is 6.26 Å². The monoisotopic (exact) mass is 397 g/mol. The topological polar surface area (TPSA) is 96.0 Å². The number of imide groups is 1. The maximum atomic E-state index is 13.2. The van der Waals surface area contributed by atoms with Gasteiger partial charge in [0.15, 0.2) is 5.54 Å². The zero-order valence-corrected chi connectivity index (χ0v) is 16.2. The molecule has 0 saturated carbocycles. The van der Waals surface area contributed by atoms with E-state index in [9.17, 15) is 14.4 Å². The predicted octanol–water partition coefficient (Wildman–Crippen LogP) is 3.13.